The van der Waals surface area contributed by atoms with Crippen molar-refractivity contribution in [2.75, 3.05) is 0 Å². The van der Waals surface area contributed by atoms with E-state index in [0.717, 1.165) is 6.42 Å². The highest BCUT2D eigenvalue weighted by molar-refractivity contribution is 7.12. The van der Waals surface area contributed by atoms with E-state index >= 15 is 0 Å². The van der Waals surface area contributed by atoms with Gasteiger partial charge in [-0.05, 0) is 25.5 Å². The lowest BCUT2D eigenvalue weighted by molar-refractivity contribution is -0.138. The van der Waals surface area contributed by atoms with E-state index in [1.807, 2.05) is 6.92 Å². The zero-order chi connectivity index (χ0) is 9.64. The van der Waals surface area contributed by atoms with E-state index in [9.17, 15) is 4.79 Å². The van der Waals surface area contributed by atoms with Gasteiger partial charge in [0.05, 0.1) is 5.92 Å². The minimum atomic E-state index is -0.659. The van der Waals surface area contributed by atoms with E-state index in [1.54, 1.807) is 11.3 Å². The van der Waals surface area contributed by atoms with Crippen LogP contribution in [0.2, 0.25) is 0 Å². The normalized spacial score (nSPS) is 31.7. The van der Waals surface area contributed by atoms with Crippen LogP contribution in [0.5, 0.6) is 0 Å². The molecular weight excluding hydrogens is 184 g/mol. The molecule has 1 aliphatic rings. The molecule has 2 atom stereocenters. The molecule has 1 N–H and O–H groups in total. The largest absolute Gasteiger partial charge is 0.481 e. The Morgan fingerprint density at radius 2 is 2.38 bits per heavy atom. The summed E-state index contributed by atoms with van der Waals surface area (Å²) in [5.41, 5.74) is -0.0786. The molecule has 0 bridgehead atoms. The van der Waals surface area contributed by atoms with Crippen molar-refractivity contribution in [3.05, 3.63) is 21.9 Å². The fraction of sp³-hybridized carbons (Fsp3) is 0.500. The van der Waals surface area contributed by atoms with Gasteiger partial charge in [-0.15, -0.1) is 11.3 Å². The highest BCUT2D eigenvalue weighted by Gasteiger charge is 2.56. The van der Waals surface area contributed by atoms with E-state index in [1.165, 1.54) is 9.75 Å². The van der Waals surface area contributed by atoms with Gasteiger partial charge in [0.15, 0.2) is 0 Å². The number of carbonyl (C=O) groups is 1. The topological polar surface area (TPSA) is 37.3 Å². The summed E-state index contributed by atoms with van der Waals surface area (Å²) in [6, 6.07) is 4.12. The predicted octanol–water partition coefficient (Wildman–Crippen LogP) is 2.42. The Balaban J connectivity index is 2.24. The standard InChI is InChI=1S/C10H12O2S/c1-6-3-4-8(13-6)10(2)5-7(10)9(11)12/h3-4,7H,5H2,1-2H3,(H,11,12). The van der Waals surface area contributed by atoms with Crippen LogP contribution in [-0.4, -0.2) is 11.1 Å². The Morgan fingerprint density at radius 3 is 2.77 bits per heavy atom. The molecular formula is C10H12O2S. The fourth-order valence-corrected chi connectivity index (χ4v) is 2.82. The molecule has 70 valence electrons. The molecule has 13 heavy (non-hydrogen) atoms. The SMILES string of the molecule is Cc1ccc(C2(C)CC2C(=O)O)s1. The van der Waals surface area contributed by atoms with E-state index in [2.05, 4.69) is 19.1 Å². The molecule has 0 amide bonds. The monoisotopic (exact) mass is 196 g/mol. The molecule has 2 nitrogen and oxygen atoms in total. The van der Waals surface area contributed by atoms with Gasteiger partial charge < -0.3 is 5.11 Å². The van der Waals surface area contributed by atoms with Crippen LogP contribution in [0.25, 0.3) is 0 Å². The van der Waals surface area contributed by atoms with Crippen LogP contribution in [0.1, 0.15) is 23.1 Å². The van der Waals surface area contributed by atoms with Crippen molar-refractivity contribution >= 4 is 17.3 Å². The Bertz CT molecular complexity index is 356. The second kappa shape index (κ2) is 2.58. The molecule has 1 aromatic rings. The molecule has 0 saturated heterocycles. The van der Waals surface area contributed by atoms with Crippen LogP contribution >= 0.6 is 11.3 Å². The molecule has 0 radical (unpaired) electrons. The number of rotatable bonds is 2. The summed E-state index contributed by atoms with van der Waals surface area (Å²) < 4.78 is 0. The summed E-state index contributed by atoms with van der Waals surface area (Å²) in [6.07, 6.45) is 0.794. The number of aliphatic carboxylic acids is 1. The minimum Gasteiger partial charge on any atom is -0.481 e. The second-order valence-electron chi connectivity index (χ2n) is 3.92. The maximum absolute atomic E-state index is 10.8. The summed E-state index contributed by atoms with van der Waals surface area (Å²) in [5, 5.41) is 8.86. The molecule has 0 aliphatic heterocycles. The smallest absolute Gasteiger partial charge is 0.307 e. The van der Waals surface area contributed by atoms with Gasteiger partial charge in [0, 0.05) is 15.2 Å². The third-order valence-electron chi connectivity index (χ3n) is 2.84. The second-order valence-corrected chi connectivity index (χ2v) is 5.21. The molecule has 1 aliphatic carbocycles. The minimum absolute atomic E-state index is 0.0786. The Hall–Kier alpha value is -0.830. The van der Waals surface area contributed by atoms with Crippen LogP contribution in [0.15, 0.2) is 12.1 Å². The van der Waals surface area contributed by atoms with Crippen LogP contribution in [0.3, 0.4) is 0 Å². The van der Waals surface area contributed by atoms with Crippen molar-refractivity contribution in [1.82, 2.24) is 0 Å². The first-order valence-corrected chi connectivity index (χ1v) is 5.15. The number of carboxylic acids is 1. The van der Waals surface area contributed by atoms with Crippen molar-refractivity contribution in [2.24, 2.45) is 5.92 Å². The van der Waals surface area contributed by atoms with Crippen LogP contribution in [0.4, 0.5) is 0 Å². The Labute approximate surface area is 81.2 Å². The van der Waals surface area contributed by atoms with Gasteiger partial charge >= 0.3 is 5.97 Å². The Morgan fingerprint density at radius 1 is 1.69 bits per heavy atom. The average molecular weight is 196 g/mol. The third kappa shape index (κ3) is 1.27. The van der Waals surface area contributed by atoms with Crippen LogP contribution < -0.4 is 0 Å². The predicted molar refractivity (Wildman–Crippen MR) is 52.2 cm³/mol. The first kappa shape index (κ1) is 8.75. The van der Waals surface area contributed by atoms with Gasteiger partial charge in [0.25, 0.3) is 0 Å². The fourth-order valence-electron chi connectivity index (χ4n) is 1.74. The molecule has 1 aromatic heterocycles. The summed E-state index contributed by atoms with van der Waals surface area (Å²) in [7, 11) is 0. The summed E-state index contributed by atoms with van der Waals surface area (Å²) in [5.74, 6) is -0.820. The number of carboxylic acid groups (broad SMARTS) is 1. The quantitative estimate of drug-likeness (QED) is 0.788. The van der Waals surface area contributed by atoms with E-state index in [4.69, 9.17) is 5.11 Å². The van der Waals surface area contributed by atoms with Gasteiger partial charge in [-0.2, -0.15) is 0 Å². The Kier molecular flexibility index (Phi) is 1.74. The number of aryl methyl sites for hydroxylation is 1. The maximum atomic E-state index is 10.8. The molecule has 0 aromatic carbocycles. The van der Waals surface area contributed by atoms with Crippen molar-refractivity contribution in [1.29, 1.82) is 0 Å². The summed E-state index contributed by atoms with van der Waals surface area (Å²) >= 11 is 1.72. The highest BCUT2D eigenvalue weighted by atomic mass is 32.1. The number of thiophene rings is 1. The molecule has 2 rings (SSSR count). The van der Waals surface area contributed by atoms with E-state index in [-0.39, 0.29) is 11.3 Å². The van der Waals surface area contributed by atoms with Crippen LogP contribution in [-0.2, 0) is 10.2 Å². The van der Waals surface area contributed by atoms with Crippen molar-refractivity contribution < 1.29 is 9.90 Å². The molecule has 1 heterocycles. The lowest BCUT2D eigenvalue weighted by Crippen LogP contribution is -2.09. The van der Waals surface area contributed by atoms with Crippen LogP contribution in [0, 0.1) is 12.8 Å². The molecule has 0 spiro atoms. The molecule has 1 saturated carbocycles. The van der Waals surface area contributed by atoms with Gasteiger partial charge in [0.1, 0.15) is 0 Å². The van der Waals surface area contributed by atoms with Gasteiger partial charge in [-0.3, -0.25) is 4.79 Å². The zero-order valence-electron chi connectivity index (χ0n) is 7.70. The van der Waals surface area contributed by atoms with Crippen molar-refractivity contribution in [3.63, 3.8) is 0 Å². The van der Waals surface area contributed by atoms with Gasteiger partial charge in [0.2, 0.25) is 0 Å². The van der Waals surface area contributed by atoms with Gasteiger partial charge in [-0.1, -0.05) is 6.92 Å². The summed E-state index contributed by atoms with van der Waals surface area (Å²) in [6.45, 7) is 4.09. The lowest BCUT2D eigenvalue weighted by Gasteiger charge is -2.05. The lowest BCUT2D eigenvalue weighted by atomic mass is 10.0. The van der Waals surface area contributed by atoms with Crippen molar-refractivity contribution in [3.8, 4) is 0 Å². The molecule has 1 fully saturated rings. The van der Waals surface area contributed by atoms with E-state index < -0.39 is 5.97 Å². The maximum Gasteiger partial charge on any atom is 0.307 e. The molecule has 2 unspecified atom stereocenters. The molecule has 3 heteroatoms. The highest BCUT2D eigenvalue weighted by Crippen LogP contribution is 2.55. The van der Waals surface area contributed by atoms with Gasteiger partial charge in [-0.25, -0.2) is 0 Å². The third-order valence-corrected chi connectivity index (χ3v) is 4.12. The number of hydrogen-bond donors (Lipinski definition) is 1. The van der Waals surface area contributed by atoms with E-state index in [0.29, 0.717) is 0 Å². The van der Waals surface area contributed by atoms with Crippen molar-refractivity contribution in [2.45, 2.75) is 25.7 Å². The zero-order valence-corrected chi connectivity index (χ0v) is 8.52. The number of hydrogen-bond acceptors (Lipinski definition) is 2. The first-order valence-electron chi connectivity index (χ1n) is 4.34. The first-order chi connectivity index (χ1) is 6.04. The average Bonchev–Trinajstić information content (AvgIpc) is 2.54. The summed E-state index contributed by atoms with van der Waals surface area (Å²) in [4.78, 5) is 13.2.